The number of hydrogen-bond acceptors (Lipinski definition) is 4. The Morgan fingerprint density at radius 1 is 1.03 bits per heavy atom. The maximum absolute atomic E-state index is 12.8. The van der Waals surface area contributed by atoms with Crippen molar-refractivity contribution < 1.29 is 19.4 Å². The predicted molar refractivity (Wildman–Crippen MR) is 133 cm³/mol. The minimum Gasteiger partial charge on any atom is -0.426 e. The standard InChI is InChI=1S/C30H42O4/c1-18(16-30(33)17-19(2)25(32)34-30)20-10-14-29(7)22-8-9-23-26(3,4)24(31)12-13-27(23,5)21(22)11-15-28(20,29)6/h10,17-18,23,33H,8-9,11-16H2,1-7H3/t18-,23-,27-,28-,29+,30+/m1/s1. The van der Waals surface area contributed by atoms with Gasteiger partial charge < -0.3 is 9.84 Å². The Labute approximate surface area is 204 Å². The molecule has 186 valence electrons. The minimum atomic E-state index is -1.50. The summed E-state index contributed by atoms with van der Waals surface area (Å²) in [7, 11) is 0. The second-order valence-electron chi connectivity index (χ2n) is 13.3. The first kappa shape index (κ1) is 24.0. The van der Waals surface area contributed by atoms with Crippen LogP contribution in [0.25, 0.3) is 0 Å². The Morgan fingerprint density at radius 3 is 2.38 bits per heavy atom. The molecule has 5 rings (SSSR count). The molecule has 1 fully saturated rings. The number of Topliss-reactive ketones (excluding diaryl/α,β-unsaturated/α-hetero) is 1. The molecule has 0 aromatic heterocycles. The molecule has 1 N–H and O–H groups in total. The highest BCUT2D eigenvalue weighted by Crippen LogP contribution is 2.70. The number of esters is 1. The van der Waals surface area contributed by atoms with Gasteiger partial charge in [-0.15, -0.1) is 0 Å². The molecule has 0 spiro atoms. The molecule has 0 unspecified atom stereocenters. The summed E-state index contributed by atoms with van der Waals surface area (Å²) >= 11 is 0. The molecule has 0 radical (unpaired) electrons. The number of ether oxygens (including phenoxy) is 1. The first-order valence-corrected chi connectivity index (χ1v) is 13.3. The number of allylic oxidation sites excluding steroid dienone is 4. The molecule has 4 nitrogen and oxygen atoms in total. The number of carbonyl (C=O) groups is 2. The van der Waals surface area contributed by atoms with Gasteiger partial charge in [-0.05, 0) is 74.2 Å². The summed E-state index contributed by atoms with van der Waals surface area (Å²) < 4.78 is 5.33. The lowest BCUT2D eigenvalue weighted by atomic mass is 9.43. The molecular weight excluding hydrogens is 424 g/mol. The fraction of sp³-hybridized carbons (Fsp3) is 0.733. The van der Waals surface area contributed by atoms with Gasteiger partial charge in [0.25, 0.3) is 0 Å². The molecule has 0 saturated heterocycles. The third-order valence-electron chi connectivity index (χ3n) is 11.3. The Balaban J connectivity index is 1.46. The van der Waals surface area contributed by atoms with Crippen LogP contribution >= 0.6 is 0 Å². The van der Waals surface area contributed by atoms with Crippen LogP contribution in [-0.4, -0.2) is 22.6 Å². The van der Waals surface area contributed by atoms with E-state index >= 15 is 0 Å². The predicted octanol–water partition coefficient (Wildman–Crippen LogP) is 6.44. The zero-order valence-corrected chi connectivity index (χ0v) is 22.1. The summed E-state index contributed by atoms with van der Waals surface area (Å²) in [5.41, 5.74) is 5.21. The first-order valence-electron chi connectivity index (χ1n) is 13.3. The highest BCUT2D eigenvalue weighted by atomic mass is 16.7. The zero-order chi connectivity index (χ0) is 24.9. The van der Waals surface area contributed by atoms with E-state index in [4.69, 9.17) is 4.74 Å². The molecule has 0 amide bonds. The average Bonchev–Trinajstić information content (AvgIpc) is 3.16. The van der Waals surface area contributed by atoms with Crippen LogP contribution in [0.1, 0.15) is 99.8 Å². The van der Waals surface area contributed by atoms with E-state index < -0.39 is 11.8 Å². The number of cyclic esters (lactones) is 1. The molecule has 1 saturated carbocycles. The third kappa shape index (κ3) is 2.99. The molecule has 4 aliphatic carbocycles. The van der Waals surface area contributed by atoms with Gasteiger partial charge in [-0.3, -0.25) is 4.79 Å². The van der Waals surface area contributed by atoms with Gasteiger partial charge in [-0.2, -0.15) is 0 Å². The lowest BCUT2D eigenvalue weighted by molar-refractivity contribution is -0.182. The largest absolute Gasteiger partial charge is 0.426 e. The van der Waals surface area contributed by atoms with E-state index in [2.05, 4.69) is 47.6 Å². The van der Waals surface area contributed by atoms with Crippen molar-refractivity contribution in [1.29, 1.82) is 0 Å². The van der Waals surface area contributed by atoms with Gasteiger partial charge >= 0.3 is 5.97 Å². The van der Waals surface area contributed by atoms with Gasteiger partial charge in [0.15, 0.2) is 0 Å². The van der Waals surface area contributed by atoms with E-state index in [1.807, 2.05) is 0 Å². The monoisotopic (exact) mass is 466 g/mol. The second-order valence-corrected chi connectivity index (χ2v) is 13.3. The van der Waals surface area contributed by atoms with E-state index in [1.165, 1.54) is 5.57 Å². The molecule has 4 heteroatoms. The van der Waals surface area contributed by atoms with Crippen LogP contribution in [0.15, 0.2) is 34.4 Å². The SMILES string of the molecule is CC1=C[C@](O)(C[C@@H](C)C2=CC[C@@]3(C)C4=C(CC[C@]23C)[C@@]2(C)CCC(=O)C(C)(C)[C@H]2CC4)OC1=O. The summed E-state index contributed by atoms with van der Waals surface area (Å²) in [5, 5.41) is 10.9. The van der Waals surface area contributed by atoms with Gasteiger partial charge in [-0.25, -0.2) is 4.79 Å². The fourth-order valence-corrected chi connectivity index (χ4v) is 9.13. The number of hydrogen-bond donors (Lipinski definition) is 1. The molecule has 0 aromatic rings. The van der Waals surface area contributed by atoms with Crippen LogP contribution in [-0.2, 0) is 14.3 Å². The van der Waals surface area contributed by atoms with Crippen molar-refractivity contribution in [2.24, 2.45) is 33.5 Å². The maximum Gasteiger partial charge on any atom is 0.336 e. The van der Waals surface area contributed by atoms with E-state index in [-0.39, 0.29) is 27.6 Å². The highest BCUT2D eigenvalue weighted by Gasteiger charge is 2.61. The third-order valence-corrected chi connectivity index (χ3v) is 11.3. The normalized spacial score (nSPS) is 44.1. The molecule has 1 heterocycles. The van der Waals surface area contributed by atoms with E-state index in [0.29, 0.717) is 30.1 Å². The number of fused-ring (bicyclic) bond motifs is 4. The number of rotatable bonds is 3. The van der Waals surface area contributed by atoms with Gasteiger partial charge in [0.2, 0.25) is 5.79 Å². The van der Waals surface area contributed by atoms with Crippen LogP contribution in [0.4, 0.5) is 0 Å². The Kier molecular flexibility index (Phi) is 5.08. The van der Waals surface area contributed by atoms with Gasteiger partial charge in [0.05, 0.1) is 0 Å². The van der Waals surface area contributed by atoms with Crippen LogP contribution < -0.4 is 0 Å². The van der Waals surface area contributed by atoms with Crippen molar-refractivity contribution >= 4 is 11.8 Å². The summed E-state index contributed by atoms with van der Waals surface area (Å²) in [6.07, 6.45) is 11.5. The minimum absolute atomic E-state index is 0.0339. The Bertz CT molecular complexity index is 1060. The van der Waals surface area contributed by atoms with Crippen molar-refractivity contribution in [3.63, 3.8) is 0 Å². The Morgan fingerprint density at radius 2 is 1.74 bits per heavy atom. The topological polar surface area (TPSA) is 63.6 Å². The van der Waals surface area contributed by atoms with Crippen LogP contribution in [0.3, 0.4) is 0 Å². The van der Waals surface area contributed by atoms with Gasteiger partial charge in [0.1, 0.15) is 5.78 Å². The smallest absolute Gasteiger partial charge is 0.336 e. The van der Waals surface area contributed by atoms with Crippen LogP contribution in [0, 0.1) is 33.5 Å². The van der Waals surface area contributed by atoms with Crippen molar-refractivity contribution in [3.8, 4) is 0 Å². The van der Waals surface area contributed by atoms with E-state index in [1.54, 1.807) is 24.1 Å². The summed E-state index contributed by atoms with van der Waals surface area (Å²) in [6.45, 7) is 15.6. The van der Waals surface area contributed by atoms with Crippen LogP contribution in [0.2, 0.25) is 0 Å². The zero-order valence-electron chi connectivity index (χ0n) is 22.1. The molecular formula is C30H42O4. The van der Waals surface area contributed by atoms with Crippen LogP contribution in [0.5, 0.6) is 0 Å². The van der Waals surface area contributed by atoms with Crippen molar-refractivity contribution in [2.45, 2.75) is 106 Å². The van der Waals surface area contributed by atoms with Gasteiger partial charge in [0, 0.05) is 29.2 Å². The lowest BCUT2D eigenvalue weighted by Gasteiger charge is -2.60. The maximum atomic E-state index is 12.8. The highest BCUT2D eigenvalue weighted by molar-refractivity contribution is 5.90. The molecule has 6 atom stereocenters. The molecule has 0 bridgehead atoms. The molecule has 5 aliphatic rings. The number of aliphatic hydroxyl groups is 1. The van der Waals surface area contributed by atoms with Crippen molar-refractivity contribution in [1.82, 2.24) is 0 Å². The molecule has 34 heavy (non-hydrogen) atoms. The summed E-state index contributed by atoms with van der Waals surface area (Å²) in [6, 6.07) is 0. The quantitative estimate of drug-likeness (QED) is 0.384. The summed E-state index contributed by atoms with van der Waals surface area (Å²) in [4.78, 5) is 24.7. The number of carbonyl (C=O) groups excluding carboxylic acids is 2. The van der Waals surface area contributed by atoms with E-state index in [0.717, 1.165) is 38.5 Å². The van der Waals surface area contributed by atoms with Crippen molar-refractivity contribution in [3.05, 3.63) is 34.4 Å². The lowest BCUT2D eigenvalue weighted by Crippen LogP contribution is -2.53. The molecule has 1 aliphatic heterocycles. The summed E-state index contributed by atoms with van der Waals surface area (Å²) in [5.74, 6) is -0.923. The van der Waals surface area contributed by atoms with E-state index in [9.17, 15) is 14.7 Å². The van der Waals surface area contributed by atoms with Crippen molar-refractivity contribution in [2.75, 3.05) is 0 Å². The average molecular weight is 467 g/mol. The Hall–Kier alpha value is -1.68. The number of ketones is 1. The second kappa shape index (κ2) is 7.18. The fourth-order valence-electron chi connectivity index (χ4n) is 9.13. The van der Waals surface area contributed by atoms with Gasteiger partial charge in [-0.1, -0.05) is 64.3 Å². The molecule has 0 aromatic carbocycles. The first-order chi connectivity index (χ1) is 15.7.